The molecule has 1 aliphatic heterocycles. The number of nitrogens with two attached hydrogens (primary N) is 1. The van der Waals surface area contributed by atoms with Crippen LogP contribution >= 0.6 is 22.9 Å². The first-order valence-electron chi connectivity index (χ1n) is 9.93. The minimum absolute atomic E-state index is 0.264. The molecule has 1 fully saturated rings. The third-order valence-electron chi connectivity index (χ3n) is 5.58. The Labute approximate surface area is 192 Å². The summed E-state index contributed by atoms with van der Waals surface area (Å²) < 4.78 is 20.5. The quantitative estimate of drug-likeness (QED) is 0.465. The summed E-state index contributed by atoms with van der Waals surface area (Å²) in [6.07, 6.45) is 1.56. The highest BCUT2D eigenvalue weighted by Gasteiger charge is 2.25. The van der Waals surface area contributed by atoms with E-state index in [0.29, 0.717) is 43.2 Å². The second-order valence-corrected chi connectivity index (χ2v) is 8.79. The number of nitrogens with one attached hydrogen (secondary N) is 1. The number of ether oxygens (including phenoxy) is 1. The minimum Gasteiger partial charge on any atom is -0.494 e. The summed E-state index contributed by atoms with van der Waals surface area (Å²) in [7, 11) is 1.54. The Kier molecular flexibility index (Phi) is 5.21. The van der Waals surface area contributed by atoms with Gasteiger partial charge >= 0.3 is 0 Å². The van der Waals surface area contributed by atoms with Gasteiger partial charge in [-0.15, -0.1) is 0 Å². The average molecular weight is 469 g/mol. The lowest BCUT2D eigenvalue weighted by atomic mass is 9.98. The Hall–Kier alpha value is -3.19. The number of aromatic nitrogens is 2. The van der Waals surface area contributed by atoms with Crippen LogP contribution in [-0.2, 0) is 0 Å². The number of halogens is 2. The number of methoxy groups -OCH3 is 1. The van der Waals surface area contributed by atoms with Gasteiger partial charge in [-0.2, -0.15) is 5.26 Å². The van der Waals surface area contributed by atoms with E-state index >= 15 is 0 Å². The summed E-state index contributed by atoms with van der Waals surface area (Å²) in [5.74, 6) is 0.0412. The molecule has 2 aromatic carbocycles. The highest BCUT2D eigenvalue weighted by Crippen LogP contribution is 2.47. The predicted octanol–water partition coefficient (Wildman–Crippen LogP) is 4.18. The largest absolute Gasteiger partial charge is 0.494 e. The van der Waals surface area contributed by atoms with Gasteiger partial charge in [0.05, 0.1) is 33.6 Å². The van der Waals surface area contributed by atoms with Gasteiger partial charge in [0.15, 0.2) is 10.9 Å². The van der Waals surface area contributed by atoms with Crippen LogP contribution in [0.4, 0.5) is 15.2 Å². The predicted molar refractivity (Wildman–Crippen MR) is 126 cm³/mol. The minimum atomic E-state index is -0.397. The molecule has 0 bridgehead atoms. The number of nitrogen functional groups attached to an aromatic ring is 1. The zero-order valence-corrected chi connectivity index (χ0v) is 18.6. The number of piperazine rings is 1. The summed E-state index contributed by atoms with van der Waals surface area (Å²) in [5.41, 5.74) is 9.27. The Balaban J connectivity index is 1.83. The van der Waals surface area contributed by atoms with Gasteiger partial charge in [-0.25, -0.2) is 9.37 Å². The highest BCUT2D eigenvalue weighted by atomic mass is 35.5. The third kappa shape index (κ3) is 3.19. The van der Waals surface area contributed by atoms with E-state index in [4.69, 9.17) is 22.1 Å². The number of anilines is 2. The number of rotatable bonds is 3. The molecule has 3 heterocycles. The molecule has 1 aliphatic rings. The maximum absolute atomic E-state index is 14.4. The van der Waals surface area contributed by atoms with Crippen molar-refractivity contribution >= 4 is 54.9 Å². The molecular formula is C22H18ClFN6OS. The van der Waals surface area contributed by atoms with Gasteiger partial charge in [0.2, 0.25) is 0 Å². The third-order valence-corrected chi connectivity index (χ3v) is 6.77. The van der Waals surface area contributed by atoms with E-state index in [9.17, 15) is 9.65 Å². The van der Waals surface area contributed by atoms with E-state index in [1.54, 1.807) is 18.3 Å². The van der Waals surface area contributed by atoms with Gasteiger partial charge in [0, 0.05) is 48.9 Å². The van der Waals surface area contributed by atoms with Gasteiger partial charge < -0.3 is 20.7 Å². The lowest BCUT2D eigenvalue weighted by molar-refractivity contribution is 0.420. The van der Waals surface area contributed by atoms with Crippen molar-refractivity contribution in [1.29, 1.82) is 5.26 Å². The van der Waals surface area contributed by atoms with E-state index in [2.05, 4.69) is 26.3 Å². The van der Waals surface area contributed by atoms with E-state index < -0.39 is 5.82 Å². The fraction of sp³-hybridized carbons (Fsp3) is 0.227. The molecule has 0 atom stereocenters. The average Bonchev–Trinajstić information content (AvgIpc) is 3.21. The first kappa shape index (κ1) is 20.7. The first-order valence-corrected chi connectivity index (χ1v) is 11.1. The molecule has 0 amide bonds. The fourth-order valence-electron chi connectivity index (χ4n) is 4.22. The van der Waals surface area contributed by atoms with Crippen molar-refractivity contribution in [3.8, 4) is 22.9 Å². The van der Waals surface area contributed by atoms with Gasteiger partial charge in [0.25, 0.3) is 0 Å². The van der Waals surface area contributed by atoms with E-state index in [1.807, 2.05) is 0 Å². The van der Waals surface area contributed by atoms with Crippen molar-refractivity contribution in [3.63, 3.8) is 0 Å². The van der Waals surface area contributed by atoms with Crippen LogP contribution in [0, 0.1) is 17.1 Å². The van der Waals surface area contributed by atoms with Crippen LogP contribution in [0.3, 0.4) is 0 Å². The number of fused-ring (bicyclic) bond motifs is 2. The molecule has 5 rings (SSSR count). The van der Waals surface area contributed by atoms with Crippen LogP contribution in [0.5, 0.6) is 5.75 Å². The molecule has 1 saturated heterocycles. The van der Waals surface area contributed by atoms with Crippen molar-refractivity contribution in [1.82, 2.24) is 15.3 Å². The summed E-state index contributed by atoms with van der Waals surface area (Å²) >= 11 is 7.88. The van der Waals surface area contributed by atoms with Gasteiger partial charge in [0.1, 0.15) is 17.4 Å². The monoisotopic (exact) mass is 468 g/mol. The molecule has 3 N–H and O–H groups in total. The van der Waals surface area contributed by atoms with Gasteiger partial charge in [-0.1, -0.05) is 22.9 Å². The summed E-state index contributed by atoms with van der Waals surface area (Å²) in [4.78, 5) is 11.0. The van der Waals surface area contributed by atoms with Crippen LogP contribution in [0.1, 0.15) is 5.56 Å². The molecule has 0 unspecified atom stereocenters. The van der Waals surface area contributed by atoms with Crippen molar-refractivity contribution in [2.45, 2.75) is 0 Å². The van der Waals surface area contributed by atoms with Gasteiger partial charge in [-0.3, -0.25) is 4.98 Å². The number of hydrogen-bond donors (Lipinski definition) is 2. The molecule has 4 aromatic rings. The van der Waals surface area contributed by atoms with Crippen LogP contribution in [0.2, 0.25) is 5.02 Å². The lowest BCUT2D eigenvalue weighted by Gasteiger charge is -2.31. The second kappa shape index (κ2) is 8.06. The Morgan fingerprint density at radius 2 is 2.09 bits per heavy atom. The number of nitrogens with zero attached hydrogens (tertiary/aromatic N) is 4. The first-order chi connectivity index (χ1) is 15.5. The Bertz CT molecular complexity index is 1410. The highest BCUT2D eigenvalue weighted by molar-refractivity contribution is 7.22. The summed E-state index contributed by atoms with van der Waals surface area (Å²) in [5, 5.41) is 14.4. The maximum atomic E-state index is 14.4. The topological polar surface area (TPSA) is 100 Å². The summed E-state index contributed by atoms with van der Waals surface area (Å²) in [6, 6.07) is 7.03. The second-order valence-electron chi connectivity index (χ2n) is 7.36. The molecule has 32 heavy (non-hydrogen) atoms. The number of thiazole rings is 1. The van der Waals surface area contributed by atoms with E-state index in [0.717, 1.165) is 48.6 Å². The zero-order valence-electron chi connectivity index (χ0n) is 17.1. The molecule has 162 valence electrons. The molecule has 10 heteroatoms. The van der Waals surface area contributed by atoms with E-state index in [1.165, 1.54) is 13.2 Å². The van der Waals surface area contributed by atoms with Crippen molar-refractivity contribution < 1.29 is 9.13 Å². The van der Waals surface area contributed by atoms with Crippen molar-refractivity contribution in [2.75, 3.05) is 43.9 Å². The van der Waals surface area contributed by atoms with Crippen molar-refractivity contribution in [2.24, 2.45) is 0 Å². The SMILES string of the molecule is COc1c(-c2ccc(F)c3sc(N)nc23)c(Cl)cc2c(N3CCNCC3)c(C#N)cnc12. The fourth-order valence-corrected chi connectivity index (χ4v) is 5.28. The standard InChI is InChI=1S/C22H18ClFN6OS/c1-31-20-16(12-2-3-15(24)21-18(12)29-22(26)32-21)14(23)8-13-17(20)28-10-11(9-25)19(13)30-6-4-27-5-7-30/h2-3,8,10,27H,4-7H2,1H3,(H2,26,29). The molecule has 0 spiro atoms. The molecule has 0 radical (unpaired) electrons. The molecule has 0 saturated carbocycles. The van der Waals surface area contributed by atoms with E-state index in [-0.39, 0.29) is 5.13 Å². The van der Waals surface area contributed by atoms with Crippen molar-refractivity contribution in [3.05, 3.63) is 40.8 Å². The molecular weight excluding hydrogens is 451 g/mol. The molecule has 0 aliphatic carbocycles. The van der Waals surface area contributed by atoms with Gasteiger partial charge in [-0.05, 0) is 18.2 Å². The molecule has 7 nitrogen and oxygen atoms in total. The van der Waals surface area contributed by atoms with Crippen LogP contribution < -0.4 is 20.7 Å². The maximum Gasteiger partial charge on any atom is 0.181 e. The smallest absolute Gasteiger partial charge is 0.181 e. The molecule has 2 aromatic heterocycles. The van der Waals surface area contributed by atoms with Crippen LogP contribution in [-0.4, -0.2) is 43.3 Å². The lowest BCUT2D eigenvalue weighted by Crippen LogP contribution is -2.44. The summed E-state index contributed by atoms with van der Waals surface area (Å²) in [6.45, 7) is 3.14. The Morgan fingerprint density at radius 1 is 1.31 bits per heavy atom. The number of pyridine rings is 1. The normalized spacial score (nSPS) is 14.1. The number of benzene rings is 2. The number of hydrogen-bond acceptors (Lipinski definition) is 8. The number of nitriles is 1. The van der Waals surface area contributed by atoms with Crippen LogP contribution in [0.25, 0.3) is 32.2 Å². The van der Waals surface area contributed by atoms with Crippen LogP contribution in [0.15, 0.2) is 24.4 Å². The zero-order chi connectivity index (χ0) is 22.4. The Morgan fingerprint density at radius 3 is 2.81 bits per heavy atom.